The summed E-state index contributed by atoms with van der Waals surface area (Å²) in [6.45, 7) is 4.33. The molecule has 1 aromatic heterocycles. The minimum atomic E-state index is 0.612. The summed E-state index contributed by atoms with van der Waals surface area (Å²) in [7, 11) is 0. The molecule has 13 heavy (non-hydrogen) atoms. The van der Waals surface area contributed by atoms with Crippen LogP contribution in [-0.2, 0) is 5.75 Å². The molecule has 0 unspecified atom stereocenters. The first-order valence-corrected chi connectivity index (χ1v) is 6.52. The van der Waals surface area contributed by atoms with Gasteiger partial charge in [0.15, 0.2) is 0 Å². The molecule has 0 saturated carbocycles. The summed E-state index contributed by atoms with van der Waals surface area (Å²) in [6, 6.07) is 1.84. The average Bonchev–Trinajstić information content (AvgIpc) is 1.99. The van der Waals surface area contributed by atoms with Crippen molar-refractivity contribution in [3.05, 3.63) is 21.1 Å². The predicted octanol–water partition coefficient (Wildman–Crippen LogP) is 3.64. The second-order valence-electron chi connectivity index (χ2n) is 2.79. The van der Waals surface area contributed by atoms with Crippen LogP contribution >= 0.6 is 43.6 Å². The second kappa shape index (κ2) is 5.32. The number of rotatable bonds is 3. The lowest BCUT2D eigenvalue weighted by molar-refractivity contribution is 0.989. The lowest BCUT2D eigenvalue weighted by Gasteiger charge is -2.03. The minimum Gasteiger partial charge on any atom is -0.225 e. The van der Waals surface area contributed by atoms with Crippen LogP contribution in [0.3, 0.4) is 0 Å². The molecule has 2 nitrogen and oxygen atoms in total. The average molecular weight is 326 g/mol. The molecule has 1 heterocycles. The summed E-state index contributed by atoms with van der Waals surface area (Å²) in [5.74, 6) is 1.72. The zero-order valence-corrected chi connectivity index (χ0v) is 11.4. The molecular weight excluding hydrogens is 316 g/mol. The molecule has 0 spiro atoms. The summed E-state index contributed by atoms with van der Waals surface area (Å²) in [5, 5.41) is 0.612. The quantitative estimate of drug-likeness (QED) is 0.793. The van der Waals surface area contributed by atoms with E-state index in [1.165, 1.54) is 0 Å². The molecule has 0 aliphatic rings. The van der Waals surface area contributed by atoms with Gasteiger partial charge in [0.05, 0.1) is 5.75 Å². The zero-order valence-electron chi connectivity index (χ0n) is 7.42. The van der Waals surface area contributed by atoms with E-state index in [0.29, 0.717) is 5.25 Å². The largest absolute Gasteiger partial charge is 0.225 e. The van der Waals surface area contributed by atoms with Crippen LogP contribution in [0.15, 0.2) is 15.3 Å². The van der Waals surface area contributed by atoms with Crippen LogP contribution in [0.4, 0.5) is 0 Å². The van der Waals surface area contributed by atoms with E-state index in [-0.39, 0.29) is 0 Å². The highest BCUT2D eigenvalue weighted by molar-refractivity contribution is 9.11. The molecule has 0 radical (unpaired) electrons. The van der Waals surface area contributed by atoms with Gasteiger partial charge in [0.25, 0.3) is 0 Å². The van der Waals surface area contributed by atoms with Crippen molar-refractivity contribution >= 4 is 43.6 Å². The van der Waals surface area contributed by atoms with E-state index in [1.54, 1.807) is 0 Å². The molecule has 0 aliphatic heterocycles. The third-order valence-electron chi connectivity index (χ3n) is 1.26. The van der Waals surface area contributed by atoms with Gasteiger partial charge in [-0.15, -0.1) is 0 Å². The fraction of sp³-hybridized carbons (Fsp3) is 0.500. The molecule has 5 heteroatoms. The van der Waals surface area contributed by atoms with Gasteiger partial charge >= 0.3 is 0 Å². The van der Waals surface area contributed by atoms with Crippen LogP contribution in [0.2, 0.25) is 0 Å². The van der Waals surface area contributed by atoms with Crippen LogP contribution < -0.4 is 0 Å². The molecular formula is C8H10Br2N2S. The molecule has 0 saturated heterocycles. The minimum absolute atomic E-state index is 0.612. The lowest BCUT2D eigenvalue weighted by Crippen LogP contribution is -1.96. The molecule has 0 amide bonds. The first kappa shape index (κ1) is 11.5. The molecule has 0 N–H and O–H groups in total. The summed E-state index contributed by atoms with van der Waals surface area (Å²) in [6.07, 6.45) is 0. The molecule has 1 aromatic rings. The van der Waals surface area contributed by atoms with Crippen LogP contribution in [0.25, 0.3) is 0 Å². The van der Waals surface area contributed by atoms with Crippen molar-refractivity contribution in [2.75, 3.05) is 0 Å². The Morgan fingerprint density at radius 3 is 2.31 bits per heavy atom. The van der Waals surface area contributed by atoms with Crippen LogP contribution in [0.1, 0.15) is 19.7 Å². The van der Waals surface area contributed by atoms with E-state index in [4.69, 9.17) is 0 Å². The van der Waals surface area contributed by atoms with Gasteiger partial charge in [-0.2, -0.15) is 11.8 Å². The summed E-state index contributed by atoms with van der Waals surface area (Å²) in [5.41, 5.74) is 0. The molecule has 1 rings (SSSR count). The molecule has 0 atom stereocenters. The Morgan fingerprint density at radius 2 is 1.85 bits per heavy atom. The Balaban J connectivity index is 2.66. The number of nitrogens with zero attached hydrogens (tertiary/aromatic N) is 2. The van der Waals surface area contributed by atoms with Gasteiger partial charge in [0.1, 0.15) is 15.0 Å². The fourth-order valence-electron chi connectivity index (χ4n) is 0.740. The zero-order chi connectivity index (χ0) is 9.84. The summed E-state index contributed by atoms with van der Waals surface area (Å²) in [4.78, 5) is 8.52. The van der Waals surface area contributed by atoms with Crippen molar-refractivity contribution in [3.8, 4) is 0 Å². The molecule has 0 fully saturated rings. The Morgan fingerprint density at radius 1 is 1.31 bits per heavy atom. The lowest BCUT2D eigenvalue weighted by atomic mass is 10.6. The van der Waals surface area contributed by atoms with E-state index >= 15 is 0 Å². The smallest absolute Gasteiger partial charge is 0.140 e. The molecule has 0 aliphatic carbocycles. The Labute approximate surface area is 99.2 Å². The van der Waals surface area contributed by atoms with Gasteiger partial charge in [-0.05, 0) is 37.1 Å². The van der Waals surface area contributed by atoms with E-state index in [1.807, 2.05) is 17.8 Å². The van der Waals surface area contributed by atoms with Crippen molar-refractivity contribution in [2.24, 2.45) is 0 Å². The van der Waals surface area contributed by atoms with Crippen molar-refractivity contribution in [2.45, 2.75) is 24.9 Å². The fourth-order valence-corrected chi connectivity index (χ4v) is 2.50. The Hall–Kier alpha value is 0.390. The van der Waals surface area contributed by atoms with Crippen LogP contribution in [0, 0.1) is 0 Å². The monoisotopic (exact) mass is 324 g/mol. The van der Waals surface area contributed by atoms with Gasteiger partial charge in [-0.3, -0.25) is 0 Å². The molecule has 72 valence electrons. The maximum absolute atomic E-state index is 4.26. The van der Waals surface area contributed by atoms with Crippen LogP contribution in [-0.4, -0.2) is 15.2 Å². The standard InChI is InChI=1S/C8H10Br2N2S/c1-5(2)13-4-8-11-6(9)3-7(10)12-8/h3,5H,4H2,1-2H3. The SMILES string of the molecule is CC(C)SCc1nc(Br)cc(Br)n1. The maximum atomic E-state index is 4.26. The Kier molecular flexibility index (Phi) is 4.69. The highest BCUT2D eigenvalue weighted by Crippen LogP contribution is 2.18. The van der Waals surface area contributed by atoms with E-state index in [2.05, 4.69) is 55.7 Å². The van der Waals surface area contributed by atoms with E-state index in [0.717, 1.165) is 20.8 Å². The number of hydrogen-bond acceptors (Lipinski definition) is 3. The van der Waals surface area contributed by atoms with E-state index < -0.39 is 0 Å². The van der Waals surface area contributed by atoms with Gasteiger partial charge in [0.2, 0.25) is 0 Å². The first-order chi connectivity index (χ1) is 6.08. The van der Waals surface area contributed by atoms with Gasteiger partial charge in [-0.1, -0.05) is 13.8 Å². The Bertz CT molecular complexity index is 271. The van der Waals surface area contributed by atoms with Crippen LogP contribution in [0.5, 0.6) is 0 Å². The van der Waals surface area contributed by atoms with Gasteiger partial charge in [-0.25, -0.2) is 9.97 Å². The maximum Gasteiger partial charge on any atom is 0.140 e. The highest BCUT2D eigenvalue weighted by atomic mass is 79.9. The molecule has 0 bridgehead atoms. The summed E-state index contributed by atoms with van der Waals surface area (Å²) >= 11 is 8.49. The second-order valence-corrected chi connectivity index (χ2v) is 5.98. The summed E-state index contributed by atoms with van der Waals surface area (Å²) < 4.78 is 1.66. The third-order valence-corrected chi connectivity index (χ3v) is 3.16. The number of aromatic nitrogens is 2. The van der Waals surface area contributed by atoms with Gasteiger partial charge in [0, 0.05) is 6.07 Å². The van der Waals surface area contributed by atoms with Gasteiger partial charge < -0.3 is 0 Å². The number of hydrogen-bond donors (Lipinski definition) is 0. The number of thioether (sulfide) groups is 1. The topological polar surface area (TPSA) is 25.8 Å². The predicted molar refractivity (Wildman–Crippen MR) is 63.9 cm³/mol. The van der Waals surface area contributed by atoms with Crippen molar-refractivity contribution in [1.29, 1.82) is 0 Å². The first-order valence-electron chi connectivity index (χ1n) is 3.88. The molecule has 0 aromatic carbocycles. The van der Waals surface area contributed by atoms with Crippen molar-refractivity contribution < 1.29 is 0 Å². The normalized spacial score (nSPS) is 10.8. The van der Waals surface area contributed by atoms with Crippen molar-refractivity contribution in [3.63, 3.8) is 0 Å². The number of halogens is 2. The highest BCUT2D eigenvalue weighted by Gasteiger charge is 2.02. The third kappa shape index (κ3) is 4.42. The van der Waals surface area contributed by atoms with E-state index in [9.17, 15) is 0 Å². The van der Waals surface area contributed by atoms with Crippen molar-refractivity contribution in [1.82, 2.24) is 9.97 Å².